The molecule has 1 aliphatic heterocycles. The Labute approximate surface area is 209 Å². The smallest absolute Gasteiger partial charge is 0.308 e. The van der Waals surface area contributed by atoms with Crippen molar-refractivity contribution in [3.63, 3.8) is 0 Å². The zero-order valence-corrected chi connectivity index (χ0v) is 21.1. The summed E-state index contributed by atoms with van der Waals surface area (Å²) < 4.78 is 28.7. The van der Waals surface area contributed by atoms with Crippen LogP contribution in [0.3, 0.4) is 0 Å². The van der Waals surface area contributed by atoms with Crippen molar-refractivity contribution in [1.82, 2.24) is 4.31 Å². The molecule has 1 N–H and O–H groups in total. The van der Waals surface area contributed by atoms with Gasteiger partial charge >= 0.3 is 5.97 Å². The molecule has 0 amide bonds. The van der Waals surface area contributed by atoms with Crippen molar-refractivity contribution >= 4 is 39.4 Å². The van der Waals surface area contributed by atoms with Crippen molar-refractivity contribution < 1.29 is 18.3 Å². The summed E-state index contributed by atoms with van der Waals surface area (Å²) in [6.07, 6.45) is 0.407. The standard InChI is InChI=1S/C26H26ClNO4S2/c1-18-7-9-20(10-8-18)24-15-25(33-17-19-5-3-2-4-6-19)23(26(29)30)16-28(24)34(31,32)22-13-11-21(27)12-14-22/h2-14,23-25H,15-17H2,1H3,(H,29,30)/t23-,24+,25-/m1/s1. The Morgan fingerprint density at radius 3 is 2.29 bits per heavy atom. The minimum Gasteiger partial charge on any atom is -0.481 e. The van der Waals surface area contributed by atoms with Crippen LogP contribution in [0, 0.1) is 12.8 Å². The average molecular weight is 516 g/mol. The molecule has 0 aromatic heterocycles. The van der Waals surface area contributed by atoms with Gasteiger partial charge in [-0.05, 0) is 48.7 Å². The number of hydrogen-bond donors (Lipinski definition) is 1. The second-order valence-corrected chi connectivity index (χ2v) is 12.0. The fourth-order valence-corrected chi connectivity index (χ4v) is 7.37. The lowest BCUT2D eigenvalue weighted by molar-refractivity contribution is -0.143. The van der Waals surface area contributed by atoms with Gasteiger partial charge in [-0.15, -0.1) is 0 Å². The van der Waals surface area contributed by atoms with Crippen molar-refractivity contribution in [3.05, 3.63) is 101 Å². The van der Waals surface area contributed by atoms with Crippen LogP contribution in [0.5, 0.6) is 0 Å². The number of aliphatic carboxylic acids is 1. The highest BCUT2D eigenvalue weighted by atomic mass is 35.5. The van der Waals surface area contributed by atoms with Gasteiger partial charge in [0.05, 0.1) is 16.9 Å². The molecular weight excluding hydrogens is 490 g/mol. The summed E-state index contributed by atoms with van der Waals surface area (Å²) in [6, 6.07) is 23.2. The van der Waals surface area contributed by atoms with Crippen LogP contribution in [-0.2, 0) is 20.6 Å². The van der Waals surface area contributed by atoms with Crippen LogP contribution >= 0.6 is 23.4 Å². The minimum atomic E-state index is -3.94. The molecule has 1 aliphatic rings. The molecule has 0 unspecified atom stereocenters. The van der Waals surface area contributed by atoms with Gasteiger partial charge < -0.3 is 5.11 Å². The Kier molecular flexibility index (Phi) is 7.67. The summed E-state index contributed by atoms with van der Waals surface area (Å²) >= 11 is 7.55. The third-order valence-corrected chi connectivity index (χ3v) is 9.73. The summed E-state index contributed by atoms with van der Waals surface area (Å²) in [4.78, 5) is 12.4. The van der Waals surface area contributed by atoms with Gasteiger partial charge in [0.1, 0.15) is 0 Å². The molecule has 178 valence electrons. The van der Waals surface area contributed by atoms with E-state index in [4.69, 9.17) is 11.6 Å². The van der Waals surface area contributed by atoms with E-state index in [-0.39, 0.29) is 16.7 Å². The molecule has 34 heavy (non-hydrogen) atoms. The van der Waals surface area contributed by atoms with Gasteiger partial charge in [0.25, 0.3) is 0 Å². The normalized spacial score (nSPS) is 21.3. The van der Waals surface area contributed by atoms with E-state index in [9.17, 15) is 18.3 Å². The summed E-state index contributed by atoms with van der Waals surface area (Å²) in [5, 5.41) is 10.2. The monoisotopic (exact) mass is 515 g/mol. The van der Waals surface area contributed by atoms with Crippen LogP contribution in [0.1, 0.15) is 29.2 Å². The fraction of sp³-hybridized carbons (Fsp3) is 0.269. The largest absolute Gasteiger partial charge is 0.481 e. The van der Waals surface area contributed by atoms with E-state index in [0.29, 0.717) is 17.2 Å². The van der Waals surface area contributed by atoms with Crippen molar-refractivity contribution in [3.8, 4) is 0 Å². The predicted octanol–water partition coefficient (Wildman–Crippen LogP) is 5.79. The Morgan fingerprint density at radius 1 is 1.03 bits per heavy atom. The number of benzene rings is 3. The highest BCUT2D eigenvalue weighted by Crippen LogP contribution is 2.43. The molecule has 0 radical (unpaired) electrons. The van der Waals surface area contributed by atoms with Crippen molar-refractivity contribution in [2.45, 2.75) is 35.3 Å². The first kappa shape index (κ1) is 24.8. The van der Waals surface area contributed by atoms with E-state index in [0.717, 1.165) is 16.7 Å². The second-order valence-electron chi connectivity index (χ2n) is 8.47. The highest BCUT2D eigenvalue weighted by molar-refractivity contribution is 7.99. The molecule has 3 atom stereocenters. The van der Waals surface area contributed by atoms with E-state index < -0.39 is 28.0 Å². The topological polar surface area (TPSA) is 74.7 Å². The molecule has 1 heterocycles. The predicted molar refractivity (Wildman–Crippen MR) is 137 cm³/mol. The van der Waals surface area contributed by atoms with Gasteiger partial charge in [-0.25, -0.2) is 8.42 Å². The Balaban J connectivity index is 1.70. The number of carboxylic acid groups (broad SMARTS) is 1. The second kappa shape index (κ2) is 10.5. The Hall–Kier alpha value is -2.32. The number of thioether (sulfide) groups is 1. The fourth-order valence-electron chi connectivity index (χ4n) is 4.24. The van der Waals surface area contributed by atoms with Gasteiger partial charge in [0.15, 0.2) is 0 Å². The lowest BCUT2D eigenvalue weighted by Gasteiger charge is -2.41. The van der Waals surface area contributed by atoms with Crippen molar-refractivity contribution in [2.24, 2.45) is 5.92 Å². The van der Waals surface area contributed by atoms with Gasteiger partial charge in [0, 0.05) is 22.6 Å². The van der Waals surface area contributed by atoms with E-state index >= 15 is 0 Å². The zero-order valence-electron chi connectivity index (χ0n) is 18.7. The van der Waals surface area contributed by atoms with E-state index in [1.807, 2.05) is 61.5 Å². The molecule has 3 aromatic carbocycles. The summed E-state index contributed by atoms with van der Waals surface area (Å²) in [5.74, 6) is -1.14. The molecule has 1 fully saturated rings. The van der Waals surface area contributed by atoms with Crippen LogP contribution in [0.2, 0.25) is 5.02 Å². The first-order valence-corrected chi connectivity index (χ1v) is 13.8. The molecule has 1 saturated heterocycles. The van der Waals surface area contributed by atoms with Gasteiger partial charge in [0.2, 0.25) is 10.0 Å². The highest BCUT2D eigenvalue weighted by Gasteiger charge is 2.45. The van der Waals surface area contributed by atoms with Gasteiger partial charge in [-0.3, -0.25) is 4.79 Å². The number of sulfonamides is 1. The van der Waals surface area contributed by atoms with E-state index in [2.05, 4.69) is 0 Å². The van der Waals surface area contributed by atoms with Crippen LogP contribution in [-0.4, -0.2) is 35.6 Å². The number of aryl methyl sites for hydroxylation is 1. The number of carboxylic acids is 1. The molecule has 4 rings (SSSR count). The first-order valence-electron chi connectivity index (χ1n) is 11.0. The van der Waals surface area contributed by atoms with Crippen LogP contribution < -0.4 is 0 Å². The maximum Gasteiger partial charge on any atom is 0.308 e. The molecule has 3 aromatic rings. The van der Waals surface area contributed by atoms with Gasteiger partial charge in [-0.1, -0.05) is 71.8 Å². The number of rotatable bonds is 7. The maximum absolute atomic E-state index is 13.7. The van der Waals surface area contributed by atoms with Crippen molar-refractivity contribution in [1.29, 1.82) is 0 Å². The Bertz CT molecular complexity index is 1230. The SMILES string of the molecule is Cc1ccc([C@@H]2C[C@@H](SCc3ccccc3)[C@H](C(=O)O)CN2S(=O)(=O)c2ccc(Cl)cc2)cc1. The van der Waals surface area contributed by atoms with Crippen LogP contribution in [0.25, 0.3) is 0 Å². The number of carbonyl (C=O) groups is 1. The Morgan fingerprint density at radius 2 is 1.68 bits per heavy atom. The minimum absolute atomic E-state index is 0.0920. The number of nitrogens with zero attached hydrogens (tertiary/aromatic N) is 1. The average Bonchev–Trinajstić information content (AvgIpc) is 2.83. The molecule has 0 saturated carbocycles. The third-order valence-electron chi connectivity index (χ3n) is 6.14. The van der Waals surface area contributed by atoms with Crippen LogP contribution in [0.4, 0.5) is 0 Å². The summed E-state index contributed by atoms with van der Waals surface area (Å²) in [5.41, 5.74) is 3.04. The molecule has 0 bridgehead atoms. The van der Waals surface area contributed by atoms with Crippen LogP contribution in [0.15, 0.2) is 83.8 Å². The maximum atomic E-state index is 13.7. The third kappa shape index (κ3) is 5.49. The zero-order chi connectivity index (χ0) is 24.3. The quantitative estimate of drug-likeness (QED) is 0.431. The summed E-state index contributed by atoms with van der Waals surface area (Å²) in [6.45, 7) is 1.89. The summed E-state index contributed by atoms with van der Waals surface area (Å²) in [7, 11) is -3.94. The van der Waals surface area contributed by atoms with Gasteiger partial charge in [-0.2, -0.15) is 16.1 Å². The van der Waals surface area contributed by atoms with Crippen molar-refractivity contribution in [2.75, 3.05) is 6.54 Å². The van der Waals surface area contributed by atoms with E-state index in [1.165, 1.54) is 28.6 Å². The molecule has 0 aliphatic carbocycles. The number of hydrogen-bond acceptors (Lipinski definition) is 4. The first-order chi connectivity index (χ1) is 16.3. The number of halogens is 1. The van der Waals surface area contributed by atoms with E-state index in [1.54, 1.807) is 11.8 Å². The molecular formula is C26H26ClNO4S2. The lowest BCUT2D eigenvalue weighted by Crippen LogP contribution is -2.49. The molecule has 0 spiro atoms. The lowest BCUT2D eigenvalue weighted by atomic mass is 9.90. The molecule has 5 nitrogen and oxygen atoms in total. The number of piperidine rings is 1. The molecule has 8 heteroatoms.